The first-order valence-corrected chi connectivity index (χ1v) is 7.34. The van der Waals surface area contributed by atoms with Crippen molar-refractivity contribution in [3.8, 4) is 0 Å². The summed E-state index contributed by atoms with van der Waals surface area (Å²) in [7, 11) is 0. The van der Waals surface area contributed by atoms with Crippen molar-refractivity contribution in [3.63, 3.8) is 0 Å². The number of nitrogens with zero attached hydrogens (tertiary/aromatic N) is 1. The first kappa shape index (κ1) is 13.7. The standard InChI is InChI=1S/C15H13Cl2NO2/c16-12-7-3-4-9(13(12)17)8-18-14-10-5-1-2-6-11(10)15(19)20-14/h3-4,7H,1-2,5-6,8H2. The molecule has 1 aliphatic heterocycles. The molecular formula is C15H13Cl2NO2. The van der Waals surface area contributed by atoms with Crippen LogP contribution in [-0.2, 0) is 16.1 Å². The lowest BCUT2D eigenvalue weighted by Crippen LogP contribution is -2.04. The quantitative estimate of drug-likeness (QED) is 0.763. The zero-order valence-corrected chi connectivity index (χ0v) is 12.3. The number of cyclic esters (lactones) is 1. The Morgan fingerprint density at radius 2 is 1.90 bits per heavy atom. The van der Waals surface area contributed by atoms with Gasteiger partial charge in [0.15, 0.2) is 0 Å². The fraction of sp³-hybridized carbons (Fsp3) is 0.333. The van der Waals surface area contributed by atoms with Crippen molar-refractivity contribution in [3.05, 3.63) is 45.0 Å². The molecule has 1 aliphatic carbocycles. The predicted octanol–water partition coefficient (Wildman–Crippen LogP) is 4.32. The van der Waals surface area contributed by atoms with Crippen LogP contribution in [0.3, 0.4) is 0 Å². The van der Waals surface area contributed by atoms with E-state index in [-0.39, 0.29) is 5.97 Å². The lowest BCUT2D eigenvalue weighted by molar-refractivity contribution is -0.130. The first-order valence-electron chi connectivity index (χ1n) is 6.58. The van der Waals surface area contributed by atoms with Crippen molar-refractivity contribution in [1.29, 1.82) is 0 Å². The van der Waals surface area contributed by atoms with Crippen LogP contribution in [0.25, 0.3) is 0 Å². The summed E-state index contributed by atoms with van der Waals surface area (Å²) >= 11 is 12.1. The third-order valence-electron chi connectivity index (χ3n) is 3.59. The number of halogens is 2. The van der Waals surface area contributed by atoms with Crippen molar-refractivity contribution in [2.45, 2.75) is 32.2 Å². The Morgan fingerprint density at radius 1 is 1.15 bits per heavy atom. The second kappa shape index (κ2) is 5.58. The van der Waals surface area contributed by atoms with E-state index >= 15 is 0 Å². The van der Waals surface area contributed by atoms with Crippen LogP contribution >= 0.6 is 23.2 Å². The van der Waals surface area contributed by atoms with Crippen LogP contribution in [0.15, 0.2) is 34.3 Å². The summed E-state index contributed by atoms with van der Waals surface area (Å²) in [5.74, 6) is 0.219. The molecule has 0 bridgehead atoms. The van der Waals surface area contributed by atoms with Gasteiger partial charge in [0.1, 0.15) is 0 Å². The second-order valence-corrected chi connectivity index (χ2v) is 5.67. The van der Waals surface area contributed by atoms with Gasteiger partial charge in [-0.05, 0) is 37.3 Å². The topological polar surface area (TPSA) is 38.7 Å². The SMILES string of the molecule is O=C1OC(=NCc2cccc(Cl)c2Cl)C2=C1CCCC2. The number of hydrogen-bond acceptors (Lipinski definition) is 3. The van der Waals surface area contributed by atoms with Crippen molar-refractivity contribution >= 4 is 35.1 Å². The highest BCUT2D eigenvalue weighted by molar-refractivity contribution is 6.42. The van der Waals surface area contributed by atoms with Crippen molar-refractivity contribution in [2.75, 3.05) is 0 Å². The highest BCUT2D eigenvalue weighted by Gasteiger charge is 2.32. The molecule has 5 heteroatoms. The number of benzene rings is 1. The number of carbonyl (C=O) groups excluding carboxylic acids is 1. The van der Waals surface area contributed by atoms with E-state index in [9.17, 15) is 4.79 Å². The van der Waals surface area contributed by atoms with E-state index in [1.807, 2.05) is 12.1 Å². The summed E-state index contributed by atoms with van der Waals surface area (Å²) in [4.78, 5) is 16.1. The maximum Gasteiger partial charge on any atom is 0.341 e. The minimum absolute atomic E-state index is 0.240. The highest BCUT2D eigenvalue weighted by Crippen LogP contribution is 2.32. The molecule has 20 heavy (non-hydrogen) atoms. The van der Waals surface area contributed by atoms with Gasteiger partial charge in [-0.15, -0.1) is 0 Å². The summed E-state index contributed by atoms with van der Waals surface area (Å²) in [5, 5.41) is 1.01. The van der Waals surface area contributed by atoms with E-state index in [1.165, 1.54) is 0 Å². The van der Waals surface area contributed by atoms with Gasteiger partial charge in [-0.3, -0.25) is 0 Å². The molecule has 2 aliphatic rings. The average molecular weight is 310 g/mol. The van der Waals surface area contributed by atoms with E-state index in [1.54, 1.807) is 6.07 Å². The molecular weight excluding hydrogens is 297 g/mol. The van der Waals surface area contributed by atoms with Gasteiger partial charge < -0.3 is 4.74 Å². The van der Waals surface area contributed by atoms with E-state index in [0.717, 1.165) is 42.4 Å². The molecule has 0 fully saturated rings. The molecule has 3 nitrogen and oxygen atoms in total. The van der Waals surface area contributed by atoms with Crippen LogP contribution < -0.4 is 0 Å². The van der Waals surface area contributed by atoms with E-state index < -0.39 is 0 Å². The van der Waals surface area contributed by atoms with E-state index in [2.05, 4.69) is 4.99 Å². The monoisotopic (exact) mass is 309 g/mol. The predicted molar refractivity (Wildman–Crippen MR) is 79.2 cm³/mol. The molecule has 0 spiro atoms. The fourth-order valence-electron chi connectivity index (χ4n) is 2.53. The molecule has 0 saturated heterocycles. The Hall–Kier alpha value is -1.32. The lowest BCUT2D eigenvalue weighted by atomic mass is 9.93. The second-order valence-electron chi connectivity index (χ2n) is 4.89. The van der Waals surface area contributed by atoms with Crippen molar-refractivity contribution in [2.24, 2.45) is 4.99 Å². The number of esters is 1. The van der Waals surface area contributed by atoms with Crippen LogP contribution in [0.1, 0.15) is 31.2 Å². The molecule has 3 rings (SSSR count). The van der Waals surface area contributed by atoms with Gasteiger partial charge in [0.25, 0.3) is 0 Å². The van der Waals surface area contributed by atoms with Crippen LogP contribution in [0.2, 0.25) is 10.0 Å². The number of carbonyl (C=O) groups is 1. The van der Waals surface area contributed by atoms with Crippen LogP contribution in [0.5, 0.6) is 0 Å². The Bertz CT molecular complexity index is 635. The fourth-order valence-corrected chi connectivity index (χ4v) is 2.91. The lowest BCUT2D eigenvalue weighted by Gasteiger charge is -2.09. The van der Waals surface area contributed by atoms with Gasteiger partial charge in [0.05, 0.1) is 16.6 Å². The third-order valence-corrected chi connectivity index (χ3v) is 4.44. The highest BCUT2D eigenvalue weighted by atomic mass is 35.5. The third kappa shape index (κ3) is 2.48. The maximum atomic E-state index is 11.7. The average Bonchev–Trinajstić information content (AvgIpc) is 2.78. The molecule has 0 amide bonds. The van der Waals surface area contributed by atoms with Crippen molar-refractivity contribution in [1.82, 2.24) is 0 Å². The van der Waals surface area contributed by atoms with Crippen LogP contribution in [-0.4, -0.2) is 11.9 Å². The van der Waals surface area contributed by atoms with Gasteiger partial charge in [-0.2, -0.15) is 0 Å². The molecule has 0 aromatic heterocycles. The Balaban J connectivity index is 1.85. The molecule has 0 atom stereocenters. The number of aliphatic imine (C=N–C) groups is 1. The summed E-state index contributed by atoms with van der Waals surface area (Å²) in [6.45, 7) is 0.360. The van der Waals surface area contributed by atoms with Gasteiger partial charge in [-0.25, -0.2) is 9.79 Å². The van der Waals surface area contributed by atoms with E-state index in [4.69, 9.17) is 27.9 Å². The Labute approximate surface area is 127 Å². The summed E-state index contributed by atoms with van der Waals surface area (Å²) in [5.41, 5.74) is 2.60. The molecule has 104 valence electrons. The molecule has 0 radical (unpaired) electrons. The molecule has 0 unspecified atom stereocenters. The van der Waals surface area contributed by atoms with Crippen LogP contribution in [0.4, 0.5) is 0 Å². The largest absolute Gasteiger partial charge is 0.404 e. The summed E-state index contributed by atoms with van der Waals surface area (Å²) < 4.78 is 5.26. The zero-order chi connectivity index (χ0) is 14.1. The Kier molecular flexibility index (Phi) is 3.81. The van der Waals surface area contributed by atoms with Gasteiger partial charge in [0.2, 0.25) is 5.90 Å². The van der Waals surface area contributed by atoms with Crippen LogP contribution in [0, 0.1) is 0 Å². The Morgan fingerprint density at radius 3 is 2.70 bits per heavy atom. The smallest absolute Gasteiger partial charge is 0.341 e. The molecule has 1 aromatic rings. The molecule has 1 heterocycles. The summed E-state index contributed by atoms with van der Waals surface area (Å²) in [6.07, 6.45) is 3.78. The minimum atomic E-state index is -0.240. The minimum Gasteiger partial charge on any atom is -0.404 e. The number of ether oxygens (including phenoxy) is 1. The molecule has 0 saturated carbocycles. The van der Waals surface area contributed by atoms with Gasteiger partial charge in [-0.1, -0.05) is 35.3 Å². The molecule has 1 aromatic carbocycles. The number of rotatable bonds is 2. The molecule has 0 N–H and O–H groups in total. The van der Waals surface area contributed by atoms with Crippen molar-refractivity contribution < 1.29 is 9.53 Å². The normalized spacial score (nSPS) is 20.3. The first-order chi connectivity index (χ1) is 9.66. The van der Waals surface area contributed by atoms with Gasteiger partial charge >= 0.3 is 5.97 Å². The zero-order valence-electron chi connectivity index (χ0n) is 10.8. The summed E-state index contributed by atoms with van der Waals surface area (Å²) in [6, 6.07) is 5.43. The maximum absolute atomic E-state index is 11.7. The number of hydrogen-bond donors (Lipinski definition) is 0. The van der Waals surface area contributed by atoms with E-state index in [0.29, 0.717) is 22.5 Å². The van der Waals surface area contributed by atoms with Gasteiger partial charge in [0, 0.05) is 11.1 Å².